The van der Waals surface area contributed by atoms with Crippen molar-refractivity contribution in [2.24, 2.45) is 0 Å². The number of nitrogens with one attached hydrogen (secondary N) is 1. The fourth-order valence-electron chi connectivity index (χ4n) is 1.66. The van der Waals surface area contributed by atoms with Gasteiger partial charge in [-0.2, -0.15) is 0 Å². The number of hydrogen-bond donors (Lipinski definition) is 1. The number of cyclic esters (lactones) is 1. The largest absolute Gasteiger partial charge is 0.462 e. The second kappa shape index (κ2) is 4.45. The Bertz CT molecular complexity index is 433. The third kappa shape index (κ3) is 2.71. The standard InChI is InChI=1S/C10H13N3O2S2/c1-5-4-7(8(14)15-5)16-10-13-12-9(17-10)11-6-2-3-6/h5-7H,2-4H2,1H3,(H,11,12)/t5-,7-/m1/s1. The molecule has 1 aliphatic heterocycles. The van der Waals surface area contributed by atoms with E-state index < -0.39 is 0 Å². The van der Waals surface area contributed by atoms with Crippen molar-refractivity contribution in [2.45, 2.75) is 47.9 Å². The first-order chi connectivity index (χ1) is 8.20. The number of thioether (sulfide) groups is 1. The Morgan fingerprint density at radius 1 is 1.47 bits per heavy atom. The van der Waals surface area contributed by atoms with E-state index in [0.717, 1.165) is 15.9 Å². The molecular formula is C10H13N3O2S2. The lowest BCUT2D eigenvalue weighted by Crippen LogP contribution is -2.08. The minimum absolute atomic E-state index is 0.0250. The number of carbonyl (C=O) groups is 1. The van der Waals surface area contributed by atoms with E-state index in [1.165, 1.54) is 35.9 Å². The monoisotopic (exact) mass is 271 g/mol. The molecule has 0 bridgehead atoms. The fourth-order valence-corrected chi connectivity index (χ4v) is 3.84. The van der Waals surface area contributed by atoms with Crippen LogP contribution in [0.4, 0.5) is 5.13 Å². The van der Waals surface area contributed by atoms with Crippen LogP contribution in [0.1, 0.15) is 26.2 Å². The first kappa shape index (κ1) is 11.3. The first-order valence-electron chi connectivity index (χ1n) is 5.68. The number of carbonyl (C=O) groups excluding carboxylic acids is 1. The summed E-state index contributed by atoms with van der Waals surface area (Å²) in [4.78, 5) is 11.5. The summed E-state index contributed by atoms with van der Waals surface area (Å²) in [5, 5.41) is 12.2. The van der Waals surface area contributed by atoms with Gasteiger partial charge < -0.3 is 10.1 Å². The van der Waals surface area contributed by atoms with Crippen LogP contribution in [0, 0.1) is 0 Å². The maximum absolute atomic E-state index is 11.5. The second-order valence-corrected chi connectivity index (χ2v) is 6.81. The maximum atomic E-state index is 11.5. The van der Waals surface area contributed by atoms with Gasteiger partial charge in [0.05, 0.1) is 0 Å². The molecule has 2 aliphatic rings. The van der Waals surface area contributed by atoms with Gasteiger partial charge in [0, 0.05) is 12.5 Å². The molecule has 5 nitrogen and oxygen atoms in total. The van der Waals surface area contributed by atoms with Crippen LogP contribution in [0.15, 0.2) is 4.34 Å². The molecule has 0 aromatic carbocycles. The van der Waals surface area contributed by atoms with E-state index in [1.807, 2.05) is 6.92 Å². The van der Waals surface area contributed by atoms with Crippen molar-refractivity contribution in [2.75, 3.05) is 5.32 Å². The molecule has 7 heteroatoms. The van der Waals surface area contributed by atoms with Gasteiger partial charge in [0.25, 0.3) is 0 Å². The summed E-state index contributed by atoms with van der Waals surface area (Å²) in [7, 11) is 0. The molecule has 1 N–H and O–H groups in total. The van der Waals surface area contributed by atoms with Crippen LogP contribution < -0.4 is 5.32 Å². The van der Waals surface area contributed by atoms with Crippen LogP contribution >= 0.6 is 23.1 Å². The van der Waals surface area contributed by atoms with Crippen LogP contribution in [0.3, 0.4) is 0 Å². The highest BCUT2D eigenvalue weighted by atomic mass is 32.2. The van der Waals surface area contributed by atoms with Crippen molar-refractivity contribution in [3.8, 4) is 0 Å². The molecule has 92 valence electrons. The number of aromatic nitrogens is 2. The molecule has 3 rings (SSSR count). The minimum Gasteiger partial charge on any atom is -0.462 e. The average molecular weight is 271 g/mol. The maximum Gasteiger partial charge on any atom is 0.319 e. The third-order valence-electron chi connectivity index (χ3n) is 2.68. The van der Waals surface area contributed by atoms with Gasteiger partial charge in [0.15, 0.2) is 4.34 Å². The van der Waals surface area contributed by atoms with E-state index in [9.17, 15) is 4.79 Å². The van der Waals surface area contributed by atoms with E-state index in [4.69, 9.17) is 4.74 Å². The molecule has 0 radical (unpaired) electrons. The zero-order valence-electron chi connectivity index (χ0n) is 9.38. The lowest BCUT2D eigenvalue weighted by atomic mass is 10.3. The van der Waals surface area contributed by atoms with Crippen LogP contribution in [-0.4, -0.2) is 33.6 Å². The zero-order valence-corrected chi connectivity index (χ0v) is 11.0. The summed E-state index contributed by atoms with van der Waals surface area (Å²) >= 11 is 2.97. The molecule has 0 amide bonds. The van der Waals surface area contributed by atoms with Crippen molar-refractivity contribution in [1.29, 1.82) is 0 Å². The molecule has 1 saturated heterocycles. The number of hydrogen-bond acceptors (Lipinski definition) is 7. The molecule has 1 aliphatic carbocycles. The second-order valence-electron chi connectivity index (χ2n) is 4.38. The molecular weight excluding hydrogens is 258 g/mol. The molecule has 2 heterocycles. The lowest BCUT2D eigenvalue weighted by molar-refractivity contribution is -0.140. The summed E-state index contributed by atoms with van der Waals surface area (Å²) in [6, 6.07) is 0.581. The van der Waals surface area contributed by atoms with Gasteiger partial charge in [-0.25, -0.2) is 0 Å². The summed E-state index contributed by atoms with van der Waals surface area (Å²) < 4.78 is 5.95. The van der Waals surface area contributed by atoms with Crippen molar-refractivity contribution in [3.63, 3.8) is 0 Å². The highest BCUT2D eigenvalue weighted by molar-refractivity contribution is 8.02. The Morgan fingerprint density at radius 2 is 2.29 bits per heavy atom. The van der Waals surface area contributed by atoms with Gasteiger partial charge in [0.2, 0.25) is 5.13 Å². The van der Waals surface area contributed by atoms with Crippen LogP contribution in [0.5, 0.6) is 0 Å². The minimum atomic E-state index is -0.130. The molecule has 1 aromatic rings. The Labute approximate surface area is 107 Å². The average Bonchev–Trinajstić information content (AvgIpc) is 2.88. The third-order valence-corrected chi connectivity index (χ3v) is 4.82. The van der Waals surface area contributed by atoms with Crippen LogP contribution in [0.25, 0.3) is 0 Å². The van der Waals surface area contributed by atoms with Gasteiger partial charge in [-0.15, -0.1) is 10.2 Å². The normalized spacial score (nSPS) is 28.2. The number of ether oxygens (including phenoxy) is 1. The first-order valence-corrected chi connectivity index (χ1v) is 7.37. The van der Waals surface area contributed by atoms with Gasteiger partial charge >= 0.3 is 5.97 Å². The SMILES string of the molecule is C[C@@H]1C[C@@H](Sc2nnc(NC3CC3)s2)C(=O)O1. The summed E-state index contributed by atoms with van der Waals surface area (Å²) in [6.45, 7) is 1.92. The molecule has 1 aromatic heterocycles. The van der Waals surface area contributed by atoms with Gasteiger partial charge in [-0.3, -0.25) is 4.79 Å². The van der Waals surface area contributed by atoms with E-state index in [-0.39, 0.29) is 17.3 Å². The Hall–Kier alpha value is -0.820. The number of rotatable bonds is 4. The smallest absolute Gasteiger partial charge is 0.319 e. The Morgan fingerprint density at radius 3 is 2.94 bits per heavy atom. The predicted octanol–water partition coefficient (Wildman–Crippen LogP) is 1.91. The number of esters is 1. The van der Waals surface area contributed by atoms with Crippen molar-refractivity contribution >= 4 is 34.2 Å². The zero-order chi connectivity index (χ0) is 11.8. The Kier molecular flexibility index (Phi) is 2.96. The van der Waals surface area contributed by atoms with E-state index in [0.29, 0.717) is 6.04 Å². The summed E-state index contributed by atoms with van der Waals surface area (Å²) in [6.07, 6.45) is 3.22. The molecule has 2 fully saturated rings. The van der Waals surface area contributed by atoms with E-state index in [1.54, 1.807) is 0 Å². The summed E-state index contributed by atoms with van der Waals surface area (Å²) in [5.74, 6) is -0.130. The number of anilines is 1. The Balaban J connectivity index is 1.60. The summed E-state index contributed by atoms with van der Waals surface area (Å²) in [5.41, 5.74) is 0. The predicted molar refractivity (Wildman–Crippen MR) is 66.4 cm³/mol. The van der Waals surface area contributed by atoms with Gasteiger partial charge in [-0.05, 0) is 19.8 Å². The highest BCUT2D eigenvalue weighted by Gasteiger charge is 2.33. The van der Waals surface area contributed by atoms with E-state index >= 15 is 0 Å². The molecule has 1 saturated carbocycles. The quantitative estimate of drug-likeness (QED) is 0.844. The topological polar surface area (TPSA) is 64.1 Å². The van der Waals surface area contributed by atoms with Crippen molar-refractivity contribution < 1.29 is 9.53 Å². The van der Waals surface area contributed by atoms with Gasteiger partial charge in [-0.1, -0.05) is 23.1 Å². The van der Waals surface area contributed by atoms with Crippen LogP contribution in [-0.2, 0) is 9.53 Å². The molecule has 2 atom stereocenters. The molecule has 0 unspecified atom stereocenters. The lowest BCUT2D eigenvalue weighted by Gasteiger charge is -1.99. The number of nitrogens with zero attached hydrogens (tertiary/aromatic N) is 2. The van der Waals surface area contributed by atoms with Crippen LogP contribution in [0.2, 0.25) is 0 Å². The van der Waals surface area contributed by atoms with E-state index in [2.05, 4.69) is 15.5 Å². The molecule has 17 heavy (non-hydrogen) atoms. The molecule has 0 spiro atoms. The fraction of sp³-hybridized carbons (Fsp3) is 0.700. The highest BCUT2D eigenvalue weighted by Crippen LogP contribution is 2.36. The van der Waals surface area contributed by atoms with Crippen molar-refractivity contribution in [3.05, 3.63) is 0 Å². The van der Waals surface area contributed by atoms with Crippen molar-refractivity contribution in [1.82, 2.24) is 10.2 Å². The van der Waals surface area contributed by atoms with Gasteiger partial charge in [0.1, 0.15) is 11.4 Å².